The van der Waals surface area contributed by atoms with Crippen molar-refractivity contribution in [2.45, 2.75) is 11.8 Å². The first kappa shape index (κ1) is 27.3. The minimum atomic E-state index is -1.15. The molecule has 4 aromatic rings. The normalized spacial score (nSPS) is 17.9. The molecule has 182 valence electrons. The van der Waals surface area contributed by atoms with Crippen molar-refractivity contribution < 1.29 is 23.2 Å². The molecule has 0 aliphatic heterocycles. The molecule has 0 nitrogen and oxygen atoms in total. The van der Waals surface area contributed by atoms with Crippen LogP contribution in [-0.2, 0) is 23.2 Å². The zero-order valence-electron chi connectivity index (χ0n) is 20.3. The van der Waals surface area contributed by atoms with Gasteiger partial charge < -0.3 is 0 Å². The smallest absolute Gasteiger partial charge is 0.147 e. The van der Waals surface area contributed by atoms with Crippen LogP contribution in [0.3, 0.4) is 0 Å². The van der Waals surface area contributed by atoms with E-state index in [1.165, 1.54) is 33.4 Å². The zero-order chi connectivity index (χ0) is 23.5. The van der Waals surface area contributed by atoms with Crippen LogP contribution in [0.15, 0.2) is 152 Å². The van der Waals surface area contributed by atoms with E-state index in [4.69, 9.17) is 0 Å². The van der Waals surface area contributed by atoms with Crippen molar-refractivity contribution in [1.82, 2.24) is 0 Å². The molecule has 2 aliphatic rings. The van der Waals surface area contributed by atoms with Crippen LogP contribution in [0.1, 0.15) is 34.1 Å². The minimum absolute atomic E-state index is 0. The Morgan fingerprint density at radius 2 is 0.730 bits per heavy atom. The maximum atomic E-state index is 2.43. The summed E-state index contributed by atoms with van der Waals surface area (Å²) in [5.74, 6) is 0.721. The number of hydrogen-bond acceptors (Lipinski definition) is 0. The summed E-state index contributed by atoms with van der Waals surface area (Å²) in [6.45, 7) is 0. The van der Waals surface area contributed by atoms with E-state index in [9.17, 15) is 0 Å². The fourth-order valence-corrected chi connectivity index (χ4v) is 9.69. The topological polar surface area (TPSA) is 0 Å². The molecule has 0 radical (unpaired) electrons. The largest absolute Gasteiger partial charge is 0.147 e. The van der Waals surface area contributed by atoms with Crippen molar-refractivity contribution in [3.63, 3.8) is 0 Å². The second kappa shape index (κ2) is 12.7. The Balaban J connectivity index is 0.00000160. The number of allylic oxidation sites excluding steroid dienone is 8. The van der Waals surface area contributed by atoms with Gasteiger partial charge >= 0.3 is 221 Å². The molecule has 0 saturated heterocycles. The van der Waals surface area contributed by atoms with Crippen molar-refractivity contribution in [3.05, 3.63) is 174 Å². The van der Waals surface area contributed by atoms with E-state index < -0.39 is 23.2 Å². The molecule has 2 atom stereocenters. The molecular weight excluding hydrogens is 571 g/mol. The first-order valence-electron chi connectivity index (χ1n) is 12.2. The Hall–Kier alpha value is -2.70. The first-order valence-corrected chi connectivity index (χ1v) is 14.7. The molecule has 0 bridgehead atoms. The molecule has 2 aliphatic carbocycles. The number of hydrogen-bond donors (Lipinski definition) is 0. The predicted molar refractivity (Wildman–Crippen MR) is 158 cm³/mol. The summed E-state index contributed by atoms with van der Waals surface area (Å²) < 4.78 is 3.30. The maximum Gasteiger partial charge on any atom is -0.147 e. The second-order valence-electron chi connectivity index (χ2n) is 9.01. The van der Waals surface area contributed by atoms with E-state index in [2.05, 4.69) is 146 Å². The van der Waals surface area contributed by atoms with E-state index in [0.29, 0.717) is 11.8 Å². The fourth-order valence-electron chi connectivity index (χ4n) is 5.14. The molecule has 0 spiro atoms. The van der Waals surface area contributed by atoms with Gasteiger partial charge in [-0.05, 0) is 0 Å². The zero-order valence-corrected chi connectivity index (χ0v) is 24.4. The van der Waals surface area contributed by atoms with Crippen LogP contribution in [0.25, 0.3) is 11.1 Å². The van der Waals surface area contributed by atoms with E-state index in [0.717, 1.165) is 0 Å². The molecule has 0 saturated carbocycles. The van der Waals surface area contributed by atoms with Crippen LogP contribution in [0.5, 0.6) is 0 Å². The van der Waals surface area contributed by atoms with Crippen molar-refractivity contribution >= 4 is 36.0 Å². The Morgan fingerprint density at radius 1 is 0.405 bits per heavy atom. The molecule has 6 rings (SSSR count). The van der Waals surface area contributed by atoms with Crippen LogP contribution < -0.4 is 0 Å². The number of benzene rings is 4. The molecule has 37 heavy (non-hydrogen) atoms. The summed E-state index contributed by atoms with van der Waals surface area (Å²) in [5.41, 5.74) is 8.34. The molecular formula is C34H28Cl2Zr. The van der Waals surface area contributed by atoms with E-state index in [1.54, 1.807) is 6.56 Å². The van der Waals surface area contributed by atoms with Crippen molar-refractivity contribution in [2.24, 2.45) is 0 Å². The molecule has 0 amide bonds. The van der Waals surface area contributed by atoms with Gasteiger partial charge in [0.25, 0.3) is 0 Å². The first-order chi connectivity index (χ1) is 17.4. The Kier molecular flexibility index (Phi) is 9.39. The van der Waals surface area contributed by atoms with Crippen molar-refractivity contribution in [1.29, 1.82) is 0 Å². The van der Waals surface area contributed by atoms with Crippen LogP contribution in [0.4, 0.5) is 0 Å². The van der Waals surface area contributed by atoms with Gasteiger partial charge in [-0.3, -0.25) is 0 Å². The SMILES string of the molecule is C1=CC(c2ccccc2)[C]([Zr][C]2=C(c3ccccc3)C=CC2c2ccccc2)=C1c1ccccc1.Cl.Cl. The van der Waals surface area contributed by atoms with Gasteiger partial charge in [-0.1, -0.05) is 0 Å². The molecule has 0 heterocycles. The molecule has 0 fully saturated rings. The third kappa shape index (κ3) is 5.75. The van der Waals surface area contributed by atoms with Gasteiger partial charge in [-0.15, -0.1) is 24.8 Å². The van der Waals surface area contributed by atoms with Gasteiger partial charge in [0.2, 0.25) is 0 Å². The second-order valence-corrected chi connectivity index (χ2v) is 12.3. The molecule has 3 heteroatoms. The van der Waals surface area contributed by atoms with Crippen LogP contribution in [0, 0.1) is 0 Å². The molecule has 4 aromatic carbocycles. The van der Waals surface area contributed by atoms with Gasteiger partial charge in [-0.2, -0.15) is 0 Å². The van der Waals surface area contributed by atoms with Gasteiger partial charge in [0.05, 0.1) is 0 Å². The van der Waals surface area contributed by atoms with E-state index in [1.807, 2.05) is 0 Å². The standard InChI is InChI=1S/2C17H13.2ClH.Zr/c2*1-3-7-14(8-4-1)16-11-12-17(13-16)15-9-5-2-6-10-15;;;/h2*1-12,16H;2*1H;. The van der Waals surface area contributed by atoms with Crippen LogP contribution in [-0.4, -0.2) is 0 Å². The van der Waals surface area contributed by atoms with E-state index in [-0.39, 0.29) is 24.8 Å². The summed E-state index contributed by atoms with van der Waals surface area (Å²) in [5, 5.41) is 0. The van der Waals surface area contributed by atoms with Crippen LogP contribution in [0.2, 0.25) is 0 Å². The van der Waals surface area contributed by atoms with Crippen molar-refractivity contribution in [3.8, 4) is 0 Å². The van der Waals surface area contributed by atoms with Gasteiger partial charge in [0, 0.05) is 0 Å². The minimum Gasteiger partial charge on any atom is -0.147 e. The predicted octanol–water partition coefficient (Wildman–Crippen LogP) is 9.44. The maximum absolute atomic E-state index is 2.43. The summed E-state index contributed by atoms with van der Waals surface area (Å²) in [7, 11) is 0. The summed E-state index contributed by atoms with van der Waals surface area (Å²) in [4.78, 5) is 0. The average Bonchev–Trinajstić information content (AvgIpc) is 3.55. The number of halogens is 2. The Bertz CT molecular complexity index is 1320. The van der Waals surface area contributed by atoms with Gasteiger partial charge in [0.1, 0.15) is 0 Å². The quantitative estimate of drug-likeness (QED) is 0.207. The van der Waals surface area contributed by atoms with Crippen LogP contribution >= 0.6 is 24.8 Å². The molecule has 0 aromatic heterocycles. The average molecular weight is 599 g/mol. The van der Waals surface area contributed by atoms with Gasteiger partial charge in [-0.25, -0.2) is 0 Å². The van der Waals surface area contributed by atoms with Gasteiger partial charge in [0.15, 0.2) is 0 Å². The third-order valence-corrected chi connectivity index (χ3v) is 11.0. The Labute approximate surface area is 243 Å². The summed E-state index contributed by atoms with van der Waals surface area (Å²) >= 11 is -1.15. The monoisotopic (exact) mass is 596 g/mol. The summed E-state index contributed by atoms with van der Waals surface area (Å²) in [6, 6.07) is 44.0. The summed E-state index contributed by atoms with van der Waals surface area (Å²) in [6.07, 6.45) is 9.62. The third-order valence-electron chi connectivity index (χ3n) is 6.87. The number of rotatable bonds is 6. The fraction of sp³-hybridized carbons (Fsp3) is 0.0588. The van der Waals surface area contributed by atoms with Crippen molar-refractivity contribution in [2.75, 3.05) is 0 Å². The molecule has 0 N–H and O–H groups in total. The van der Waals surface area contributed by atoms with E-state index >= 15 is 0 Å². The Morgan fingerprint density at radius 3 is 1.08 bits per heavy atom. The molecule has 2 unspecified atom stereocenters.